The zero-order valence-corrected chi connectivity index (χ0v) is 9.09. The van der Waals surface area contributed by atoms with E-state index in [0.29, 0.717) is 5.52 Å². The van der Waals surface area contributed by atoms with E-state index in [0.717, 1.165) is 36.8 Å². The molecule has 3 N–H and O–H groups in total. The lowest BCUT2D eigenvalue weighted by Gasteiger charge is -2.05. The second-order valence-electron chi connectivity index (χ2n) is 4.86. The molecule has 3 rings (SSSR count). The molecule has 0 aliphatic heterocycles. The van der Waals surface area contributed by atoms with Crippen molar-refractivity contribution in [1.29, 1.82) is 0 Å². The molecule has 2 nitrogen and oxygen atoms in total. The summed E-state index contributed by atoms with van der Waals surface area (Å²) in [6.07, 6.45) is 4.15. The van der Waals surface area contributed by atoms with Crippen molar-refractivity contribution in [3.05, 3.63) is 35.8 Å². The van der Waals surface area contributed by atoms with Crippen LogP contribution >= 0.6 is 0 Å². The van der Waals surface area contributed by atoms with Gasteiger partial charge in [0, 0.05) is 16.6 Å². The number of halogens is 1. The van der Waals surface area contributed by atoms with Crippen LogP contribution in [0.1, 0.15) is 25.0 Å². The van der Waals surface area contributed by atoms with Gasteiger partial charge in [0.1, 0.15) is 5.82 Å². The molecule has 0 bridgehead atoms. The molecule has 0 saturated heterocycles. The largest absolute Gasteiger partial charge is 0.356 e. The number of hydrogen-bond donors (Lipinski definition) is 2. The van der Waals surface area contributed by atoms with Crippen molar-refractivity contribution < 1.29 is 4.39 Å². The van der Waals surface area contributed by atoms with E-state index in [9.17, 15) is 4.39 Å². The number of aryl methyl sites for hydroxylation is 1. The summed E-state index contributed by atoms with van der Waals surface area (Å²) < 4.78 is 13.4. The van der Waals surface area contributed by atoms with Crippen LogP contribution in [0, 0.1) is 5.82 Å². The minimum Gasteiger partial charge on any atom is -0.356 e. The third-order valence-electron chi connectivity index (χ3n) is 3.45. The second kappa shape index (κ2) is 3.32. The van der Waals surface area contributed by atoms with Crippen LogP contribution < -0.4 is 5.73 Å². The van der Waals surface area contributed by atoms with Gasteiger partial charge in [0.15, 0.2) is 0 Å². The Kier molecular flexibility index (Phi) is 2.04. The van der Waals surface area contributed by atoms with Crippen LogP contribution in [0.3, 0.4) is 0 Å². The Labute approximate surface area is 93.6 Å². The summed E-state index contributed by atoms with van der Waals surface area (Å²) in [7, 11) is 0. The third kappa shape index (κ3) is 1.71. The van der Waals surface area contributed by atoms with Gasteiger partial charge in [-0.15, -0.1) is 0 Å². The Bertz CT molecular complexity index is 526. The highest BCUT2D eigenvalue weighted by Gasteiger charge is 2.37. The molecule has 1 aliphatic carbocycles. The predicted octanol–water partition coefficient (Wildman–Crippen LogP) is 2.73. The SMILES string of the molecule is NC1(CCc2cc3cccc(F)c3[nH]2)CC1. The molecule has 0 atom stereocenters. The van der Waals surface area contributed by atoms with Gasteiger partial charge in [0.25, 0.3) is 0 Å². The van der Waals surface area contributed by atoms with E-state index in [2.05, 4.69) is 4.98 Å². The van der Waals surface area contributed by atoms with Gasteiger partial charge in [0.2, 0.25) is 0 Å². The fraction of sp³-hybridized carbons (Fsp3) is 0.385. The molecule has 1 aromatic heterocycles. The highest BCUT2D eigenvalue weighted by Crippen LogP contribution is 2.36. The highest BCUT2D eigenvalue weighted by molar-refractivity contribution is 5.80. The standard InChI is InChI=1S/C13H15FN2/c14-11-3-1-2-9-8-10(16-12(9)11)4-5-13(15)6-7-13/h1-3,8,16H,4-7,15H2. The van der Waals surface area contributed by atoms with Crippen molar-refractivity contribution in [1.82, 2.24) is 4.98 Å². The van der Waals surface area contributed by atoms with Crippen LogP contribution in [0.5, 0.6) is 0 Å². The van der Waals surface area contributed by atoms with E-state index in [1.807, 2.05) is 12.1 Å². The van der Waals surface area contributed by atoms with Crippen molar-refractivity contribution in [2.45, 2.75) is 31.2 Å². The molecule has 3 heteroatoms. The fourth-order valence-corrected chi connectivity index (χ4v) is 2.11. The third-order valence-corrected chi connectivity index (χ3v) is 3.45. The molecule has 1 aliphatic rings. The Morgan fingerprint density at radius 2 is 2.19 bits per heavy atom. The number of rotatable bonds is 3. The minimum atomic E-state index is -0.183. The number of para-hydroxylation sites is 1. The lowest BCUT2D eigenvalue weighted by atomic mass is 10.1. The molecule has 1 aromatic carbocycles. The Morgan fingerprint density at radius 3 is 2.88 bits per heavy atom. The molecule has 16 heavy (non-hydrogen) atoms. The Balaban J connectivity index is 1.85. The van der Waals surface area contributed by atoms with E-state index >= 15 is 0 Å². The normalized spacial score (nSPS) is 17.9. The predicted molar refractivity (Wildman–Crippen MR) is 62.7 cm³/mol. The van der Waals surface area contributed by atoms with Crippen molar-refractivity contribution in [2.24, 2.45) is 5.73 Å². The molecule has 0 radical (unpaired) electrons. The van der Waals surface area contributed by atoms with E-state index in [-0.39, 0.29) is 11.4 Å². The van der Waals surface area contributed by atoms with Gasteiger partial charge >= 0.3 is 0 Å². The highest BCUT2D eigenvalue weighted by atomic mass is 19.1. The number of aromatic amines is 1. The number of aromatic nitrogens is 1. The number of H-pyrrole nitrogens is 1. The molecule has 0 unspecified atom stereocenters. The fourth-order valence-electron chi connectivity index (χ4n) is 2.11. The Morgan fingerprint density at radius 1 is 1.38 bits per heavy atom. The smallest absolute Gasteiger partial charge is 0.147 e. The number of benzene rings is 1. The van der Waals surface area contributed by atoms with E-state index in [4.69, 9.17) is 5.73 Å². The molecular weight excluding hydrogens is 203 g/mol. The van der Waals surface area contributed by atoms with Gasteiger partial charge in [0.05, 0.1) is 5.52 Å². The van der Waals surface area contributed by atoms with Gasteiger partial charge < -0.3 is 10.7 Å². The first-order chi connectivity index (χ1) is 7.66. The van der Waals surface area contributed by atoms with Gasteiger partial charge in [-0.2, -0.15) is 0 Å². The van der Waals surface area contributed by atoms with Gasteiger partial charge in [-0.25, -0.2) is 4.39 Å². The number of hydrogen-bond acceptors (Lipinski definition) is 1. The monoisotopic (exact) mass is 218 g/mol. The molecular formula is C13H15FN2. The Hall–Kier alpha value is -1.35. The molecule has 0 spiro atoms. The minimum absolute atomic E-state index is 0.0653. The first-order valence-corrected chi connectivity index (χ1v) is 5.71. The van der Waals surface area contributed by atoms with Crippen LogP contribution in [0.4, 0.5) is 4.39 Å². The summed E-state index contributed by atoms with van der Waals surface area (Å²) in [4.78, 5) is 3.13. The molecule has 1 saturated carbocycles. The van der Waals surface area contributed by atoms with Crippen molar-refractivity contribution >= 4 is 10.9 Å². The lowest BCUT2D eigenvalue weighted by Crippen LogP contribution is -2.22. The molecule has 2 aromatic rings. The summed E-state index contributed by atoms with van der Waals surface area (Å²) in [6.45, 7) is 0. The molecule has 84 valence electrons. The summed E-state index contributed by atoms with van der Waals surface area (Å²) in [5.41, 5.74) is 7.79. The molecule has 1 heterocycles. The van der Waals surface area contributed by atoms with E-state index in [1.165, 1.54) is 6.07 Å². The maximum atomic E-state index is 13.4. The lowest BCUT2D eigenvalue weighted by molar-refractivity contribution is 0.604. The second-order valence-corrected chi connectivity index (χ2v) is 4.86. The zero-order chi connectivity index (χ0) is 11.2. The van der Waals surface area contributed by atoms with Gasteiger partial charge in [-0.05, 0) is 37.8 Å². The molecule has 0 amide bonds. The van der Waals surface area contributed by atoms with E-state index < -0.39 is 0 Å². The first kappa shape index (κ1) is 9.85. The number of nitrogens with two attached hydrogens (primary N) is 1. The maximum Gasteiger partial charge on any atom is 0.147 e. The van der Waals surface area contributed by atoms with Crippen LogP contribution in [0.2, 0.25) is 0 Å². The summed E-state index contributed by atoms with van der Waals surface area (Å²) in [5, 5.41) is 0.942. The van der Waals surface area contributed by atoms with Gasteiger partial charge in [-0.1, -0.05) is 12.1 Å². The number of nitrogens with one attached hydrogen (secondary N) is 1. The van der Waals surface area contributed by atoms with Gasteiger partial charge in [-0.3, -0.25) is 0 Å². The van der Waals surface area contributed by atoms with Crippen molar-refractivity contribution in [2.75, 3.05) is 0 Å². The number of fused-ring (bicyclic) bond motifs is 1. The average molecular weight is 218 g/mol. The van der Waals surface area contributed by atoms with Crippen molar-refractivity contribution in [3.8, 4) is 0 Å². The topological polar surface area (TPSA) is 41.8 Å². The maximum absolute atomic E-state index is 13.4. The van der Waals surface area contributed by atoms with Crippen LogP contribution in [-0.4, -0.2) is 10.5 Å². The van der Waals surface area contributed by atoms with Crippen LogP contribution in [-0.2, 0) is 6.42 Å². The summed E-state index contributed by atoms with van der Waals surface area (Å²) in [5.74, 6) is -0.183. The van der Waals surface area contributed by atoms with Crippen LogP contribution in [0.25, 0.3) is 10.9 Å². The van der Waals surface area contributed by atoms with E-state index in [1.54, 1.807) is 6.07 Å². The van der Waals surface area contributed by atoms with Crippen LogP contribution in [0.15, 0.2) is 24.3 Å². The summed E-state index contributed by atoms with van der Waals surface area (Å²) >= 11 is 0. The first-order valence-electron chi connectivity index (χ1n) is 5.71. The quantitative estimate of drug-likeness (QED) is 0.817. The molecule has 1 fully saturated rings. The summed E-state index contributed by atoms with van der Waals surface area (Å²) in [6, 6.07) is 7.16. The average Bonchev–Trinajstić information content (AvgIpc) is 2.84. The zero-order valence-electron chi connectivity index (χ0n) is 9.09. The van der Waals surface area contributed by atoms with Crippen molar-refractivity contribution in [3.63, 3.8) is 0 Å².